The number of carbonyl (C=O) groups is 1. The number of aromatic nitrogens is 1. The predicted octanol–water partition coefficient (Wildman–Crippen LogP) is 1.13. The summed E-state index contributed by atoms with van der Waals surface area (Å²) in [5, 5.41) is 5.56. The molecule has 0 aromatic carbocycles. The molecule has 0 bridgehead atoms. The Morgan fingerprint density at radius 1 is 1.69 bits per heavy atom. The number of hydrogen-bond donors (Lipinski definition) is 2. The van der Waals surface area contributed by atoms with Crippen LogP contribution in [0.15, 0.2) is 5.38 Å². The van der Waals surface area contributed by atoms with Crippen molar-refractivity contribution >= 4 is 29.0 Å². The van der Waals surface area contributed by atoms with E-state index in [-0.39, 0.29) is 5.91 Å². The van der Waals surface area contributed by atoms with E-state index in [4.69, 9.17) is 5.73 Å². The van der Waals surface area contributed by atoms with E-state index in [9.17, 15) is 4.79 Å². The van der Waals surface area contributed by atoms with Crippen LogP contribution in [0.4, 0.5) is 0 Å². The van der Waals surface area contributed by atoms with Gasteiger partial charge in [-0.15, -0.1) is 11.3 Å². The fourth-order valence-corrected chi connectivity index (χ4v) is 2.39. The van der Waals surface area contributed by atoms with Crippen LogP contribution in [-0.2, 0) is 6.42 Å². The standard InChI is InChI=1S/C10H17N3OS2/c1-15-6-2-5-12-10(14)8-7-16-9(13-8)3-4-11/h7H,2-6,11H2,1H3,(H,12,14). The minimum Gasteiger partial charge on any atom is -0.351 e. The van der Waals surface area contributed by atoms with Gasteiger partial charge in [0.05, 0.1) is 5.01 Å². The molecule has 0 spiro atoms. The molecule has 0 saturated carbocycles. The van der Waals surface area contributed by atoms with E-state index < -0.39 is 0 Å². The highest BCUT2D eigenvalue weighted by atomic mass is 32.2. The highest BCUT2D eigenvalue weighted by Crippen LogP contribution is 2.09. The summed E-state index contributed by atoms with van der Waals surface area (Å²) in [5.41, 5.74) is 5.93. The maximum atomic E-state index is 11.6. The van der Waals surface area contributed by atoms with Gasteiger partial charge in [0, 0.05) is 18.3 Å². The van der Waals surface area contributed by atoms with Gasteiger partial charge in [-0.05, 0) is 25.0 Å². The molecule has 1 amide bonds. The van der Waals surface area contributed by atoms with Crippen molar-refractivity contribution in [1.82, 2.24) is 10.3 Å². The summed E-state index contributed by atoms with van der Waals surface area (Å²) in [6.45, 7) is 1.28. The first-order valence-corrected chi connectivity index (χ1v) is 7.47. The third-order valence-electron chi connectivity index (χ3n) is 1.95. The van der Waals surface area contributed by atoms with Crippen LogP contribution in [-0.4, -0.2) is 36.0 Å². The van der Waals surface area contributed by atoms with E-state index in [1.54, 1.807) is 17.1 Å². The molecule has 0 unspecified atom stereocenters. The SMILES string of the molecule is CSCCCNC(=O)c1csc(CCN)n1. The minimum atomic E-state index is -0.0828. The zero-order valence-electron chi connectivity index (χ0n) is 9.36. The van der Waals surface area contributed by atoms with Crippen LogP contribution in [0.1, 0.15) is 21.9 Å². The average molecular weight is 259 g/mol. The van der Waals surface area contributed by atoms with Crippen LogP contribution < -0.4 is 11.1 Å². The zero-order valence-corrected chi connectivity index (χ0v) is 11.0. The summed E-state index contributed by atoms with van der Waals surface area (Å²) in [7, 11) is 0. The molecule has 0 atom stereocenters. The van der Waals surface area contributed by atoms with Gasteiger partial charge in [0.1, 0.15) is 5.69 Å². The maximum absolute atomic E-state index is 11.6. The molecule has 1 aromatic rings. The lowest BCUT2D eigenvalue weighted by atomic mass is 10.4. The zero-order chi connectivity index (χ0) is 11.8. The molecule has 6 heteroatoms. The lowest BCUT2D eigenvalue weighted by Gasteiger charge is -2.01. The number of nitrogens with zero attached hydrogens (tertiary/aromatic N) is 1. The van der Waals surface area contributed by atoms with Gasteiger partial charge < -0.3 is 11.1 Å². The van der Waals surface area contributed by atoms with Gasteiger partial charge in [-0.2, -0.15) is 11.8 Å². The molecule has 0 radical (unpaired) electrons. The molecule has 16 heavy (non-hydrogen) atoms. The Kier molecular flexibility index (Phi) is 6.44. The molecule has 0 aliphatic heterocycles. The molecule has 0 aliphatic carbocycles. The fraction of sp³-hybridized carbons (Fsp3) is 0.600. The van der Waals surface area contributed by atoms with E-state index in [1.807, 2.05) is 0 Å². The predicted molar refractivity (Wildman–Crippen MR) is 70.2 cm³/mol. The van der Waals surface area contributed by atoms with Crippen LogP contribution in [0.5, 0.6) is 0 Å². The summed E-state index contributed by atoms with van der Waals surface area (Å²) in [6, 6.07) is 0. The third-order valence-corrected chi connectivity index (χ3v) is 3.56. The second kappa shape index (κ2) is 7.65. The molecular formula is C10H17N3OS2. The van der Waals surface area contributed by atoms with Crippen LogP contribution in [0.3, 0.4) is 0 Å². The first-order chi connectivity index (χ1) is 7.77. The second-order valence-corrected chi connectivity index (χ2v) is 5.20. The Morgan fingerprint density at radius 2 is 2.50 bits per heavy atom. The van der Waals surface area contributed by atoms with E-state index in [1.165, 1.54) is 11.3 Å². The summed E-state index contributed by atoms with van der Waals surface area (Å²) >= 11 is 3.27. The molecular weight excluding hydrogens is 242 g/mol. The van der Waals surface area contributed by atoms with Gasteiger partial charge in [0.15, 0.2) is 0 Å². The summed E-state index contributed by atoms with van der Waals surface area (Å²) in [5.74, 6) is 0.982. The number of amides is 1. The number of nitrogens with one attached hydrogen (secondary N) is 1. The van der Waals surface area contributed by atoms with Gasteiger partial charge in [0.2, 0.25) is 0 Å². The topological polar surface area (TPSA) is 68.0 Å². The Bertz CT molecular complexity index is 328. The van der Waals surface area contributed by atoms with Crippen LogP contribution in [0.25, 0.3) is 0 Å². The molecule has 0 fully saturated rings. The first-order valence-electron chi connectivity index (χ1n) is 5.19. The van der Waals surface area contributed by atoms with Gasteiger partial charge in [-0.1, -0.05) is 0 Å². The van der Waals surface area contributed by atoms with Crippen molar-refractivity contribution in [2.45, 2.75) is 12.8 Å². The third kappa shape index (κ3) is 4.51. The molecule has 4 nitrogen and oxygen atoms in total. The van der Waals surface area contributed by atoms with Crippen molar-refractivity contribution in [3.63, 3.8) is 0 Å². The van der Waals surface area contributed by atoms with Gasteiger partial charge in [-0.3, -0.25) is 4.79 Å². The number of nitrogens with two attached hydrogens (primary N) is 1. The molecule has 0 saturated heterocycles. The molecule has 0 aliphatic rings. The largest absolute Gasteiger partial charge is 0.351 e. The summed E-state index contributed by atoms with van der Waals surface area (Å²) < 4.78 is 0. The van der Waals surface area contributed by atoms with Crippen LogP contribution in [0, 0.1) is 0 Å². The number of rotatable bonds is 7. The van der Waals surface area contributed by atoms with E-state index >= 15 is 0 Å². The van der Waals surface area contributed by atoms with Crippen molar-refractivity contribution in [2.75, 3.05) is 25.1 Å². The van der Waals surface area contributed by atoms with E-state index in [2.05, 4.69) is 16.6 Å². The Labute approximate surface area is 104 Å². The van der Waals surface area contributed by atoms with E-state index in [0.717, 1.165) is 23.6 Å². The van der Waals surface area contributed by atoms with Crippen molar-refractivity contribution in [1.29, 1.82) is 0 Å². The summed E-state index contributed by atoms with van der Waals surface area (Å²) in [4.78, 5) is 15.8. The second-order valence-electron chi connectivity index (χ2n) is 3.27. The Balaban J connectivity index is 2.34. The minimum absolute atomic E-state index is 0.0828. The molecule has 1 aromatic heterocycles. The van der Waals surface area contributed by atoms with Gasteiger partial charge in [0.25, 0.3) is 5.91 Å². The van der Waals surface area contributed by atoms with Crippen LogP contribution in [0.2, 0.25) is 0 Å². The van der Waals surface area contributed by atoms with Crippen LogP contribution >= 0.6 is 23.1 Å². The van der Waals surface area contributed by atoms with Crippen molar-refractivity contribution in [3.05, 3.63) is 16.1 Å². The number of carbonyl (C=O) groups excluding carboxylic acids is 1. The highest BCUT2D eigenvalue weighted by Gasteiger charge is 2.09. The first kappa shape index (κ1) is 13.5. The smallest absolute Gasteiger partial charge is 0.270 e. The molecule has 3 N–H and O–H groups in total. The molecule has 1 heterocycles. The Hall–Kier alpha value is -0.590. The number of thioether (sulfide) groups is 1. The monoisotopic (exact) mass is 259 g/mol. The average Bonchev–Trinajstić information content (AvgIpc) is 2.73. The van der Waals surface area contributed by atoms with Gasteiger partial charge in [-0.25, -0.2) is 4.98 Å². The van der Waals surface area contributed by atoms with Crippen molar-refractivity contribution in [3.8, 4) is 0 Å². The van der Waals surface area contributed by atoms with Gasteiger partial charge >= 0.3 is 0 Å². The number of hydrogen-bond acceptors (Lipinski definition) is 5. The lowest BCUT2D eigenvalue weighted by molar-refractivity contribution is 0.0949. The Morgan fingerprint density at radius 3 is 3.19 bits per heavy atom. The van der Waals surface area contributed by atoms with E-state index in [0.29, 0.717) is 18.8 Å². The maximum Gasteiger partial charge on any atom is 0.270 e. The molecule has 1 rings (SSSR count). The van der Waals surface area contributed by atoms with Crippen molar-refractivity contribution in [2.24, 2.45) is 5.73 Å². The fourth-order valence-electron chi connectivity index (χ4n) is 1.16. The number of thiazole rings is 1. The highest BCUT2D eigenvalue weighted by molar-refractivity contribution is 7.98. The lowest BCUT2D eigenvalue weighted by Crippen LogP contribution is -2.25. The quantitative estimate of drug-likeness (QED) is 0.720. The summed E-state index contributed by atoms with van der Waals surface area (Å²) in [6.07, 6.45) is 3.79. The van der Waals surface area contributed by atoms with Crippen molar-refractivity contribution < 1.29 is 4.79 Å². The molecule has 90 valence electrons. The normalized spacial score (nSPS) is 10.4.